The quantitative estimate of drug-likeness (QED) is 0.675. The summed E-state index contributed by atoms with van der Waals surface area (Å²) in [4.78, 5) is 16.1. The SMILES string of the molecule is CCCNCC(=O)N1CCN(C)CC1C. The molecular weight excluding hydrogens is 190 g/mol. The minimum Gasteiger partial charge on any atom is -0.336 e. The standard InChI is InChI=1S/C11H23N3O/c1-4-5-12-8-11(15)14-7-6-13(3)9-10(14)2/h10,12H,4-9H2,1-3H3. The zero-order valence-electron chi connectivity index (χ0n) is 10.1. The van der Waals surface area contributed by atoms with Crippen molar-refractivity contribution in [3.63, 3.8) is 0 Å². The smallest absolute Gasteiger partial charge is 0.236 e. The maximum absolute atomic E-state index is 11.8. The van der Waals surface area contributed by atoms with E-state index in [4.69, 9.17) is 0 Å². The minimum absolute atomic E-state index is 0.240. The number of hydrogen-bond acceptors (Lipinski definition) is 3. The Morgan fingerprint density at radius 2 is 2.20 bits per heavy atom. The molecule has 1 unspecified atom stereocenters. The Morgan fingerprint density at radius 3 is 2.80 bits per heavy atom. The van der Waals surface area contributed by atoms with E-state index in [1.807, 2.05) is 4.90 Å². The molecule has 1 amide bonds. The first-order valence-electron chi connectivity index (χ1n) is 5.84. The number of carbonyl (C=O) groups excluding carboxylic acids is 1. The monoisotopic (exact) mass is 213 g/mol. The maximum atomic E-state index is 11.8. The number of likely N-dealkylation sites (N-methyl/N-ethyl adjacent to an activating group) is 1. The Bertz CT molecular complexity index is 208. The zero-order valence-corrected chi connectivity index (χ0v) is 10.1. The lowest BCUT2D eigenvalue weighted by Gasteiger charge is -2.38. The van der Waals surface area contributed by atoms with Crippen LogP contribution in [0.5, 0.6) is 0 Å². The number of piperazine rings is 1. The molecule has 0 aliphatic carbocycles. The predicted octanol–water partition coefficient (Wildman–Crippen LogP) is 0.149. The summed E-state index contributed by atoms with van der Waals surface area (Å²) in [6, 6.07) is 0.347. The van der Waals surface area contributed by atoms with E-state index in [9.17, 15) is 4.79 Å². The molecule has 1 aliphatic heterocycles. The normalized spacial score (nSPS) is 23.1. The van der Waals surface area contributed by atoms with Crippen molar-refractivity contribution < 1.29 is 4.79 Å². The summed E-state index contributed by atoms with van der Waals surface area (Å²) in [5.74, 6) is 0.240. The van der Waals surface area contributed by atoms with E-state index < -0.39 is 0 Å². The second-order valence-electron chi connectivity index (χ2n) is 4.38. The molecule has 1 fully saturated rings. The molecular formula is C11H23N3O. The van der Waals surface area contributed by atoms with Gasteiger partial charge >= 0.3 is 0 Å². The van der Waals surface area contributed by atoms with Gasteiger partial charge in [0, 0.05) is 25.7 Å². The molecule has 0 radical (unpaired) electrons. The fourth-order valence-electron chi connectivity index (χ4n) is 1.98. The molecule has 0 saturated carbocycles. The van der Waals surface area contributed by atoms with Crippen LogP contribution < -0.4 is 5.32 Å². The molecule has 4 heteroatoms. The van der Waals surface area contributed by atoms with E-state index in [1.165, 1.54) is 0 Å². The van der Waals surface area contributed by atoms with Crippen molar-refractivity contribution in [1.29, 1.82) is 0 Å². The van der Waals surface area contributed by atoms with E-state index in [0.29, 0.717) is 12.6 Å². The summed E-state index contributed by atoms with van der Waals surface area (Å²) in [6.45, 7) is 8.48. The van der Waals surface area contributed by atoms with Crippen LogP contribution in [0.1, 0.15) is 20.3 Å². The van der Waals surface area contributed by atoms with Crippen LogP contribution in [0.15, 0.2) is 0 Å². The van der Waals surface area contributed by atoms with Crippen LogP contribution in [-0.4, -0.2) is 61.5 Å². The van der Waals surface area contributed by atoms with Crippen LogP contribution in [0.4, 0.5) is 0 Å². The van der Waals surface area contributed by atoms with Gasteiger partial charge in [0.05, 0.1) is 6.54 Å². The Labute approximate surface area is 92.6 Å². The first-order chi connectivity index (χ1) is 7.15. The first kappa shape index (κ1) is 12.5. The second-order valence-corrected chi connectivity index (χ2v) is 4.38. The van der Waals surface area contributed by atoms with E-state index in [2.05, 4.69) is 31.1 Å². The number of hydrogen-bond donors (Lipinski definition) is 1. The highest BCUT2D eigenvalue weighted by atomic mass is 16.2. The molecule has 88 valence electrons. The highest BCUT2D eigenvalue weighted by molar-refractivity contribution is 5.78. The largest absolute Gasteiger partial charge is 0.336 e. The molecule has 0 aromatic carbocycles. The molecule has 1 heterocycles. The lowest BCUT2D eigenvalue weighted by atomic mass is 10.2. The van der Waals surface area contributed by atoms with Crippen LogP contribution >= 0.6 is 0 Å². The van der Waals surface area contributed by atoms with Crippen LogP contribution in [-0.2, 0) is 4.79 Å². The molecule has 1 atom stereocenters. The first-order valence-corrected chi connectivity index (χ1v) is 5.84. The van der Waals surface area contributed by atoms with Crippen LogP contribution in [0.2, 0.25) is 0 Å². The van der Waals surface area contributed by atoms with Gasteiger partial charge in [-0.2, -0.15) is 0 Å². The van der Waals surface area contributed by atoms with Crippen LogP contribution in [0.25, 0.3) is 0 Å². The van der Waals surface area contributed by atoms with Gasteiger partial charge in [-0.05, 0) is 26.9 Å². The summed E-state index contributed by atoms with van der Waals surface area (Å²) in [5.41, 5.74) is 0. The third-order valence-electron chi connectivity index (χ3n) is 2.85. The molecule has 15 heavy (non-hydrogen) atoms. The lowest BCUT2D eigenvalue weighted by Crippen LogP contribution is -2.54. The summed E-state index contributed by atoms with van der Waals surface area (Å²) in [7, 11) is 2.10. The molecule has 0 aromatic rings. The van der Waals surface area contributed by atoms with Gasteiger partial charge < -0.3 is 15.1 Å². The molecule has 1 saturated heterocycles. The molecule has 4 nitrogen and oxygen atoms in total. The van der Waals surface area contributed by atoms with Crippen molar-refractivity contribution in [2.45, 2.75) is 26.3 Å². The number of carbonyl (C=O) groups is 1. The average molecular weight is 213 g/mol. The van der Waals surface area contributed by atoms with Gasteiger partial charge in [-0.1, -0.05) is 6.92 Å². The second kappa shape index (κ2) is 6.08. The molecule has 1 aliphatic rings. The minimum atomic E-state index is 0.240. The number of rotatable bonds is 4. The molecule has 0 bridgehead atoms. The van der Waals surface area contributed by atoms with Gasteiger partial charge in [0.25, 0.3) is 0 Å². The van der Waals surface area contributed by atoms with Gasteiger partial charge in [-0.25, -0.2) is 0 Å². The lowest BCUT2D eigenvalue weighted by molar-refractivity contribution is -0.134. The fraction of sp³-hybridized carbons (Fsp3) is 0.909. The average Bonchev–Trinajstić information content (AvgIpc) is 2.17. The van der Waals surface area contributed by atoms with Gasteiger partial charge in [0.1, 0.15) is 0 Å². The van der Waals surface area contributed by atoms with Crippen LogP contribution in [0, 0.1) is 0 Å². The Hall–Kier alpha value is -0.610. The Morgan fingerprint density at radius 1 is 1.47 bits per heavy atom. The summed E-state index contributed by atoms with van der Waals surface area (Å²) >= 11 is 0. The van der Waals surface area contributed by atoms with E-state index in [-0.39, 0.29) is 5.91 Å². The van der Waals surface area contributed by atoms with Crippen molar-refractivity contribution in [2.24, 2.45) is 0 Å². The zero-order chi connectivity index (χ0) is 11.3. The Kier molecular flexibility index (Phi) is 5.05. The van der Waals surface area contributed by atoms with Gasteiger partial charge in [0.2, 0.25) is 5.91 Å². The van der Waals surface area contributed by atoms with E-state index in [1.54, 1.807) is 0 Å². The molecule has 0 aromatic heterocycles. The number of nitrogens with zero attached hydrogens (tertiary/aromatic N) is 2. The summed E-state index contributed by atoms with van der Waals surface area (Å²) < 4.78 is 0. The number of nitrogens with one attached hydrogen (secondary N) is 1. The van der Waals surface area contributed by atoms with E-state index in [0.717, 1.165) is 32.6 Å². The fourth-order valence-corrected chi connectivity index (χ4v) is 1.98. The van der Waals surface area contributed by atoms with Gasteiger partial charge in [-0.15, -0.1) is 0 Å². The predicted molar refractivity (Wildman–Crippen MR) is 61.8 cm³/mol. The van der Waals surface area contributed by atoms with Gasteiger partial charge in [-0.3, -0.25) is 4.79 Å². The van der Waals surface area contributed by atoms with Crippen molar-refractivity contribution in [2.75, 3.05) is 39.8 Å². The molecule has 1 N–H and O–H groups in total. The van der Waals surface area contributed by atoms with Crippen LogP contribution in [0.3, 0.4) is 0 Å². The van der Waals surface area contributed by atoms with Crippen molar-refractivity contribution >= 4 is 5.91 Å². The van der Waals surface area contributed by atoms with Gasteiger partial charge in [0.15, 0.2) is 0 Å². The summed E-state index contributed by atoms with van der Waals surface area (Å²) in [5, 5.41) is 3.16. The van der Waals surface area contributed by atoms with Crippen molar-refractivity contribution in [1.82, 2.24) is 15.1 Å². The van der Waals surface area contributed by atoms with Crippen molar-refractivity contribution in [3.8, 4) is 0 Å². The third kappa shape index (κ3) is 3.80. The van der Waals surface area contributed by atoms with Crippen molar-refractivity contribution in [3.05, 3.63) is 0 Å². The summed E-state index contributed by atoms with van der Waals surface area (Å²) in [6.07, 6.45) is 1.07. The highest BCUT2D eigenvalue weighted by Gasteiger charge is 2.24. The van der Waals surface area contributed by atoms with E-state index >= 15 is 0 Å². The highest BCUT2D eigenvalue weighted by Crippen LogP contribution is 2.07. The Balaban J connectivity index is 2.32. The topological polar surface area (TPSA) is 35.6 Å². The third-order valence-corrected chi connectivity index (χ3v) is 2.85. The maximum Gasteiger partial charge on any atom is 0.236 e. The number of amides is 1. The molecule has 0 spiro atoms. The molecule has 1 rings (SSSR count).